The minimum Gasteiger partial charge on any atom is -0.379 e. The van der Waals surface area contributed by atoms with Crippen LogP contribution in [0.25, 0.3) is 0 Å². The quantitative estimate of drug-likeness (QED) is 0.453. The SMILES string of the molecule is CC(C)OCCCNCc1cc([N+](=O)[O-])ccc1Cl. The van der Waals surface area contributed by atoms with E-state index in [0.29, 0.717) is 18.2 Å². The zero-order chi connectivity index (χ0) is 14.3. The third-order valence-electron chi connectivity index (χ3n) is 2.50. The van der Waals surface area contributed by atoms with E-state index in [0.717, 1.165) is 18.5 Å². The zero-order valence-electron chi connectivity index (χ0n) is 11.2. The molecule has 0 aromatic heterocycles. The highest BCUT2D eigenvalue weighted by atomic mass is 35.5. The normalized spacial score (nSPS) is 10.9. The van der Waals surface area contributed by atoms with E-state index in [-0.39, 0.29) is 11.8 Å². The molecule has 0 aliphatic carbocycles. The van der Waals surface area contributed by atoms with Crippen LogP contribution >= 0.6 is 11.6 Å². The van der Waals surface area contributed by atoms with Gasteiger partial charge in [0.1, 0.15) is 0 Å². The highest BCUT2D eigenvalue weighted by Gasteiger charge is 2.09. The Morgan fingerprint density at radius 3 is 2.84 bits per heavy atom. The summed E-state index contributed by atoms with van der Waals surface area (Å²) in [7, 11) is 0. The first-order valence-corrected chi connectivity index (χ1v) is 6.63. The number of halogens is 1. The van der Waals surface area contributed by atoms with E-state index in [1.807, 2.05) is 13.8 Å². The molecule has 0 radical (unpaired) electrons. The number of non-ortho nitro benzene ring substituents is 1. The van der Waals surface area contributed by atoms with Crippen LogP contribution in [-0.4, -0.2) is 24.2 Å². The van der Waals surface area contributed by atoms with Gasteiger partial charge in [-0.1, -0.05) is 11.6 Å². The average molecular weight is 287 g/mol. The fraction of sp³-hybridized carbons (Fsp3) is 0.538. The lowest BCUT2D eigenvalue weighted by Crippen LogP contribution is -2.17. The molecule has 5 nitrogen and oxygen atoms in total. The number of nitrogens with zero attached hydrogens (tertiary/aromatic N) is 1. The molecule has 6 heteroatoms. The lowest BCUT2D eigenvalue weighted by atomic mass is 10.2. The Morgan fingerprint density at radius 1 is 1.47 bits per heavy atom. The Kier molecular flexibility index (Phi) is 6.77. The lowest BCUT2D eigenvalue weighted by Gasteiger charge is -2.09. The van der Waals surface area contributed by atoms with Crippen molar-refractivity contribution < 1.29 is 9.66 Å². The van der Waals surface area contributed by atoms with Crippen molar-refractivity contribution in [3.8, 4) is 0 Å². The predicted octanol–water partition coefficient (Wildman–Crippen LogP) is 3.15. The monoisotopic (exact) mass is 286 g/mol. The summed E-state index contributed by atoms with van der Waals surface area (Å²) in [5, 5.41) is 14.4. The second kappa shape index (κ2) is 8.09. The third-order valence-corrected chi connectivity index (χ3v) is 2.87. The number of rotatable bonds is 8. The standard InChI is InChI=1S/C13H19ClN2O3/c1-10(2)19-7-3-6-15-9-11-8-12(16(17)18)4-5-13(11)14/h4-5,8,10,15H,3,6-7,9H2,1-2H3. The molecule has 0 spiro atoms. The number of hydrogen-bond donors (Lipinski definition) is 1. The molecule has 0 unspecified atom stereocenters. The molecule has 1 N–H and O–H groups in total. The van der Waals surface area contributed by atoms with Gasteiger partial charge in [0.15, 0.2) is 0 Å². The van der Waals surface area contributed by atoms with Gasteiger partial charge in [0.2, 0.25) is 0 Å². The van der Waals surface area contributed by atoms with Crippen LogP contribution in [-0.2, 0) is 11.3 Å². The van der Waals surface area contributed by atoms with Crippen LogP contribution in [0.15, 0.2) is 18.2 Å². The van der Waals surface area contributed by atoms with E-state index in [9.17, 15) is 10.1 Å². The summed E-state index contributed by atoms with van der Waals surface area (Å²) < 4.78 is 5.41. The fourth-order valence-corrected chi connectivity index (χ4v) is 1.73. The van der Waals surface area contributed by atoms with Gasteiger partial charge in [-0.2, -0.15) is 0 Å². The summed E-state index contributed by atoms with van der Waals surface area (Å²) in [6.07, 6.45) is 1.14. The highest BCUT2D eigenvalue weighted by Crippen LogP contribution is 2.21. The van der Waals surface area contributed by atoms with Gasteiger partial charge in [0, 0.05) is 30.3 Å². The van der Waals surface area contributed by atoms with Crippen LogP contribution in [0.4, 0.5) is 5.69 Å². The molecule has 1 aromatic rings. The van der Waals surface area contributed by atoms with Crippen molar-refractivity contribution in [3.63, 3.8) is 0 Å². The Labute approximate surface area is 118 Å². The van der Waals surface area contributed by atoms with E-state index in [4.69, 9.17) is 16.3 Å². The molecule has 0 heterocycles. The van der Waals surface area contributed by atoms with E-state index in [2.05, 4.69) is 5.32 Å². The molecule has 0 bridgehead atoms. The first-order chi connectivity index (χ1) is 9.00. The number of nitro groups is 1. The Balaban J connectivity index is 2.36. The second-order valence-corrected chi connectivity index (χ2v) is 4.89. The van der Waals surface area contributed by atoms with Gasteiger partial charge in [-0.25, -0.2) is 0 Å². The summed E-state index contributed by atoms with van der Waals surface area (Å²) in [5.74, 6) is 0. The molecule has 19 heavy (non-hydrogen) atoms. The van der Waals surface area contributed by atoms with Crippen molar-refractivity contribution >= 4 is 17.3 Å². The van der Waals surface area contributed by atoms with Crippen molar-refractivity contribution in [3.05, 3.63) is 38.9 Å². The smallest absolute Gasteiger partial charge is 0.269 e. The number of nitrogens with one attached hydrogen (secondary N) is 1. The molecule has 0 aliphatic rings. The lowest BCUT2D eigenvalue weighted by molar-refractivity contribution is -0.384. The van der Waals surface area contributed by atoms with Crippen molar-refractivity contribution in [2.24, 2.45) is 0 Å². The van der Waals surface area contributed by atoms with Crippen LogP contribution < -0.4 is 5.32 Å². The molecular weight excluding hydrogens is 268 g/mol. The first-order valence-electron chi connectivity index (χ1n) is 6.26. The molecule has 0 atom stereocenters. The first kappa shape index (κ1) is 15.9. The summed E-state index contributed by atoms with van der Waals surface area (Å²) in [4.78, 5) is 10.2. The van der Waals surface area contributed by atoms with Crippen LogP contribution in [0.2, 0.25) is 5.02 Å². The Bertz CT molecular complexity index is 424. The molecule has 0 saturated heterocycles. The fourth-order valence-electron chi connectivity index (χ4n) is 1.55. The molecule has 0 amide bonds. The topological polar surface area (TPSA) is 64.4 Å². The average Bonchev–Trinajstić information content (AvgIpc) is 2.34. The molecule has 0 fully saturated rings. The summed E-state index contributed by atoms with van der Waals surface area (Å²) in [6, 6.07) is 4.46. The molecule has 0 saturated carbocycles. The van der Waals surface area contributed by atoms with E-state index in [1.54, 1.807) is 6.07 Å². The van der Waals surface area contributed by atoms with Crippen LogP contribution in [0.1, 0.15) is 25.8 Å². The van der Waals surface area contributed by atoms with Crippen molar-refractivity contribution in [1.29, 1.82) is 0 Å². The van der Waals surface area contributed by atoms with Crippen molar-refractivity contribution in [2.45, 2.75) is 32.9 Å². The number of ether oxygens (including phenoxy) is 1. The Morgan fingerprint density at radius 2 is 2.21 bits per heavy atom. The number of benzene rings is 1. The van der Waals surface area contributed by atoms with Gasteiger partial charge in [0.05, 0.1) is 11.0 Å². The van der Waals surface area contributed by atoms with E-state index >= 15 is 0 Å². The van der Waals surface area contributed by atoms with Gasteiger partial charge in [-0.3, -0.25) is 10.1 Å². The second-order valence-electron chi connectivity index (χ2n) is 4.48. The van der Waals surface area contributed by atoms with Crippen LogP contribution in [0, 0.1) is 10.1 Å². The van der Waals surface area contributed by atoms with Crippen LogP contribution in [0.3, 0.4) is 0 Å². The Hall–Kier alpha value is -1.17. The van der Waals surface area contributed by atoms with Gasteiger partial charge in [-0.15, -0.1) is 0 Å². The molecular formula is C13H19ClN2O3. The highest BCUT2D eigenvalue weighted by molar-refractivity contribution is 6.31. The summed E-state index contributed by atoms with van der Waals surface area (Å²) >= 11 is 6.00. The molecule has 106 valence electrons. The van der Waals surface area contributed by atoms with Gasteiger partial charge < -0.3 is 10.1 Å². The van der Waals surface area contributed by atoms with E-state index in [1.165, 1.54) is 12.1 Å². The third kappa shape index (κ3) is 6.00. The van der Waals surface area contributed by atoms with Gasteiger partial charge in [-0.05, 0) is 38.4 Å². The molecule has 1 rings (SSSR count). The minimum atomic E-state index is -0.420. The summed E-state index contributed by atoms with van der Waals surface area (Å²) in [5.41, 5.74) is 0.796. The summed E-state index contributed by atoms with van der Waals surface area (Å²) in [6.45, 7) is 5.99. The molecule has 1 aromatic carbocycles. The zero-order valence-corrected chi connectivity index (χ0v) is 11.9. The number of hydrogen-bond acceptors (Lipinski definition) is 4. The maximum absolute atomic E-state index is 10.7. The van der Waals surface area contributed by atoms with Crippen molar-refractivity contribution in [1.82, 2.24) is 5.32 Å². The van der Waals surface area contributed by atoms with Gasteiger partial charge in [0.25, 0.3) is 5.69 Å². The van der Waals surface area contributed by atoms with E-state index < -0.39 is 4.92 Å². The largest absolute Gasteiger partial charge is 0.379 e. The molecule has 0 aliphatic heterocycles. The predicted molar refractivity (Wildman–Crippen MR) is 75.5 cm³/mol. The number of nitro benzene ring substituents is 1. The maximum Gasteiger partial charge on any atom is 0.269 e. The van der Waals surface area contributed by atoms with Gasteiger partial charge >= 0.3 is 0 Å². The minimum absolute atomic E-state index is 0.0596. The van der Waals surface area contributed by atoms with Crippen molar-refractivity contribution in [2.75, 3.05) is 13.2 Å². The van der Waals surface area contributed by atoms with Crippen LogP contribution in [0.5, 0.6) is 0 Å². The maximum atomic E-state index is 10.7.